The van der Waals surface area contributed by atoms with Crippen LogP contribution in [0.5, 0.6) is 0 Å². The van der Waals surface area contributed by atoms with Gasteiger partial charge < -0.3 is 28.5 Å². The van der Waals surface area contributed by atoms with Crippen LogP contribution in [-0.4, -0.2) is 87.4 Å². The predicted octanol–water partition coefficient (Wildman–Crippen LogP) is 18.6. The highest BCUT2D eigenvalue weighted by atomic mass is 16.7. The number of rotatable bonds is 57. The van der Waals surface area contributed by atoms with Crippen LogP contribution >= 0.6 is 0 Å². The van der Waals surface area contributed by atoms with Crippen molar-refractivity contribution in [1.82, 2.24) is 0 Å². The van der Waals surface area contributed by atoms with Crippen LogP contribution in [-0.2, 0) is 33.3 Å². The molecule has 2 unspecified atom stereocenters. The number of likely N-dealkylation sites (N-methyl/N-ethyl adjacent to an activating group) is 1. The molecule has 75 heavy (non-hydrogen) atoms. The van der Waals surface area contributed by atoms with Crippen molar-refractivity contribution < 1.29 is 42.9 Å². The number of carbonyl (C=O) groups excluding carboxylic acids is 2. The number of aliphatic carboxylic acids is 1. The van der Waals surface area contributed by atoms with Crippen molar-refractivity contribution in [3.8, 4) is 0 Å². The lowest BCUT2D eigenvalue weighted by Crippen LogP contribution is -2.40. The van der Waals surface area contributed by atoms with Gasteiger partial charge in [-0.15, -0.1) is 0 Å². The second-order valence-electron chi connectivity index (χ2n) is 22.0. The number of allylic oxidation sites excluding steroid dienone is 12. The second kappa shape index (κ2) is 56.9. The maximum absolute atomic E-state index is 12.9. The standard InChI is InChI=1S/C66H117NO8/c1-6-8-10-12-14-16-18-20-22-24-26-27-28-29-30-31-32-33-34-35-36-37-39-40-42-44-46-48-50-52-54-56-63(68)73-60-62(61-74-66(65(70)71)72-59-58-67(3,4)5)75-64(69)57-55-53-51-49-47-45-43-41-38-25-23-21-19-17-15-13-11-9-7-2/h9,11,15,17-18,20-21,23-24,26,38,41,62,66H,6-8,10,12-14,16,19,22,25,27-37,39-40,42-61H2,1-5H3/p+1/b11-9-,17-15-,20-18-,23-21-,26-24-,41-38-. The van der Waals surface area contributed by atoms with E-state index in [2.05, 4.69) is 86.8 Å². The van der Waals surface area contributed by atoms with E-state index in [0.717, 1.165) is 89.9 Å². The monoisotopic (exact) mass is 1050 g/mol. The first-order valence-corrected chi connectivity index (χ1v) is 31.1. The highest BCUT2D eigenvalue weighted by molar-refractivity contribution is 5.71. The van der Waals surface area contributed by atoms with Crippen molar-refractivity contribution in [1.29, 1.82) is 0 Å². The number of carboxylic acids is 1. The Bertz CT molecular complexity index is 1460. The molecular weight excluding hydrogens is 935 g/mol. The van der Waals surface area contributed by atoms with Crippen LogP contribution in [0.1, 0.15) is 271 Å². The molecule has 0 aromatic heterocycles. The first-order chi connectivity index (χ1) is 36.6. The average Bonchev–Trinajstić information content (AvgIpc) is 3.38. The number of hydrogen-bond acceptors (Lipinski definition) is 7. The lowest BCUT2D eigenvalue weighted by molar-refractivity contribution is -0.870. The van der Waals surface area contributed by atoms with Crippen LogP contribution in [0.15, 0.2) is 72.9 Å². The Morgan fingerprint density at radius 3 is 1.13 bits per heavy atom. The van der Waals surface area contributed by atoms with E-state index in [0.29, 0.717) is 23.9 Å². The van der Waals surface area contributed by atoms with Crippen LogP contribution in [0.2, 0.25) is 0 Å². The number of hydrogen-bond donors (Lipinski definition) is 1. The predicted molar refractivity (Wildman–Crippen MR) is 318 cm³/mol. The number of ether oxygens (including phenoxy) is 4. The third-order valence-corrected chi connectivity index (χ3v) is 13.4. The van der Waals surface area contributed by atoms with E-state index in [1.807, 2.05) is 21.1 Å². The number of carboxylic acid groups (broad SMARTS) is 1. The smallest absolute Gasteiger partial charge is 0.361 e. The van der Waals surface area contributed by atoms with E-state index in [1.54, 1.807) is 0 Å². The summed E-state index contributed by atoms with van der Waals surface area (Å²) in [5.41, 5.74) is 0. The van der Waals surface area contributed by atoms with Crippen LogP contribution in [0.3, 0.4) is 0 Å². The molecular formula is C66H118NO8+. The Morgan fingerprint density at radius 1 is 0.413 bits per heavy atom. The van der Waals surface area contributed by atoms with Crippen molar-refractivity contribution in [2.24, 2.45) is 0 Å². The summed E-state index contributed by atoms with van der Waals surface area (Å²) >= 11 is 0. The van der Waals surface area contributed by atoms with Gasteiger partial charge in [-0.1, -0.05) is 247 Å². The second-order valence-corrected chi connectivity index (χ2v) is 22.0. The Hall–Kier alpha value is -3.27. The van der Waals surface area contributed by atoms with Crippen LogP contribution < -0.4 is 0 Å². The largest absolute Gasteiger partial charge is 0.477 e. The van der Waals surface area contributed by atoms with Crippen LogP contribution in [0.4, 0.5) is 0 Å². The van der Waals surface area contributed by atoms with Gasteiger partial charge in [0, 0.05) is 12.8 Å². The number of unbranched alkanes of at least 4 members (excludes halogenated alkanes) is 30. The van der Waals surface area contributed by atoms with Crippen LogP contribution in [0, 0.1) is 0 Å². The third kappa shape index (κ3) is 58.3. The maximum atomic E-state index is 12.9. The van der Waals surface area contributed by atoms with E-state index in [9.17, 15) is 19.5 Å². The fourth-order valence-electron chi connectivity index (χ4n) is 8.68. The van der Waals surface area contributed by atoms with Gasteiger partial charge in [0.15, 0.2) is 6.10 Å². The van der Waals surface area contributed by atoms with Crippen molar-refractivity contribution >= 4 is 17.9 Å². The van der Waals surface area contributed by atoms with Gasteiger partial charge >= 0.3 is 17.9 Å². The Morgan fingerprint density at radius 2 is 0.760 bits per heavy atom. The Balaban J connectivity index is 4.13. The van der Waals surface area contributed by atoms with Gasteiger partial charge in [-0.3, -0.25) is 9.59 Å². The summed E-state index contributed by atoms with van der Waals surface area (Å²) in [5.74, 6) is -2.02. The molecule has 0 aromatic rings. The molecule has 0 fully saturated rings. The number of nitrogens with zero attached hydrogens (tertiary/aromatic N) is 1. The molecule has 0 aliphatic rings. The van der Waals surface area contributed by atoms with E-state index >= 15 is 0 Å². The molecule has 0 radical (unpaired) electrons. The minimum absolute atomic E-state index is 0.183. The van der Waals surface area contributed by atoms with Gasteiger partial charge in [-0.05, 0) is 83.5 Å². The zero-order valence-electron chi connectivity index (χ0n) is 49.4. The molecule has 0 aliphatic carbocycles. The maximum Gasteiger partial charge on any atom is 0.361 e. The van der Waals surface area contributed by atoms with Gasteiger partial charge in [0.25, 0.3) is 6.29 Å². The summed E-state index contributed by atoms with van der Waals surface area (Å²) in [6.07, 6.45) is 71.4. The van der Waals surface area contributed by atoms with Gasteiger partial charge in [-0.2, -0.15) is 0 Å². The Kier molecular flexibility index (Phi) is 54.4. The lowest BCUT2D eigenvalue weighted by atomic mass is 10.0. The zero-order valence-corrected chi connectivity index (χ0v) is 49.4. The quantitative estimate of drug-likeness (QED) is 0.0211. The molecule has 9 heteroatoms. The molecule has 0 heterocycles. The van der Waals surface area contributed by atoms with Gasteiger partial charge in [-0.25, -0.2) is 4.79 Å². The van der Waals surface area contributed by atoms with E-state index in [4.69, 9.17) is 18.9 Å². The van der Waals surface area contributed by atoms with Crippen molar-refractivity contribution in [2.75, 3.05) is 47.5 Å². The SMILES string of the molecule is CC/C=C\C/C=C\C/C=C\C/C=C\CCCCCCCCC(=O)OC(COC(=O)CCCCCCCCCCCCCCCCCCCCC/C=C\C/C=C\CCCCCCC)COC(OCC[N+](C)(C)C)C(=O)O. The first kappa shape index (κ1) is 71.7. The van der Waals surface area contributed by atoms with E-state index in [1.165, 1.54) is 148 Å². The minimum atomic E-state index is -1.52. The molecule has 0 aromatic carbocycles. The normalized spacial score (nSPS) is 13.2. The summed E-state index contributed by atoms with van der Waals surface area (Å²) in [6, 6.07) is 0. The summed E-state index contributed by atoms with van der Waals surface area (Å²) in [5, 5.41) is 9.71. The highest BCUT2D eigenvalue weighted by Gasteiger charge is 2.25. The molecule has 0 saturated carbocycles. The molecule has 1 N–H and O–H groups in total. The fourth-order valence-corrected chi connectivity index (χ4v) is 8.68. The van der Waals surface area contributed by atoms with E-state index in [-0.39, 0.29) is 32.2 Å². The summed E-state index contributed by atoms with van der Waals surface area (Å²) in [4.78, 5) is 37.5. The molecule has 434 valence electrons. The lowest BCUT2D eigenvalue weighted by Gasteiger charge is -2.25. The summed E-state index contributed by atoms with van der Waals surface area (Å²) < 4.78 is 22.9. The van der Waals surface area contributed by atoms with Crippen molar-refractivity contribution in [3.05, 3.63) is 72.9 Å². The molecule has 0 bridgehead atoms. The van der Waals surface area contributed by atoms with Crippen molar-refractivity contribution in [2.45, 2.75) is 283 Å². The molecule has 0 saturated heterocycles. The topological polar surface area (TPSA) is 108 Å². The number of esters is 2. The highest BCUT2D eigenvalue weighted by Crippen LogP contribution is 2.17. The van der Waals surface area contributed by atoms with E-state index < -0.39 is 24.3 Å². The van der Waals surface area contributed by atoms with Gasteiger partial charge in [0.1, 0.15) is 13.2 Å². The average molecular weight is 1050 g/mol. The zero-order chi connectivity index (χ0) is 54.8. The number of quaternary nitrogens is 1. The number of carbonyl (C=O) groups is 3. The summed E-state index contributed by atoms with van der Waals surface area (Å²) in [6.45, 7) is 4.76. The van der Waals surface area contributed by atoms with Crippen molar-refractivity contribution in [3.63, 3.8) is 0 Å². The summed E-state index contributed by atoms with van der Waals surface area (Å²) in [7, 11) is 5.96. The molecule has 0 amide bonds. The molecule has 9 nitrogen and oxygen atoms in total. The first-order valence-electron chi connectivity index (χ1n) is 31.1. The van der Waals surface area contributed by atoms with Crippen LogP contribution in [0.25, 0.3) is 0 Å². The molecule has 0 aliphatic heterocycles. The van der Waals surface area contributed by atoms with Gasteiger partial charge in [0.2, 0.25) is 0 Å². The Labute approximate surface area is 462 Å². The van der Waals surface area contributed by atoms with Gasteiger partial charge in [0.05, 0.1) is 34.4 Å². The third-order valence-electron chi connectivity index (χ3n) is 13.4. The molecule has 0 spiro atoms. The fraction of sp³-hybridized carbons (Fsp3) is 0.773. The molecule has 0 rings (SSSR count). The minimum Gasteiger partial charge on any atom is -0.477 e. The molecule has 2 atom stereocenters.